The Bertz CT molecular complexity index is 1080. The lowest BCUT2D eigenvalue weighted by molar-refractivity contribution is -0.119. The standard InChI is InChI=1S/C25H23ClN2O2/c1-28-23-15-12-19(26)16-21(23)24(18-10-13-20(29)14-11-18)27-22(25(28)30)9-5-8-17-6-3-2-4-7-17/h2-4,6-7,10-16,22,29H,5,8-9H2,1H3. The summed E-state index contributed by atoms with van der Waals surface area (Å²) in [5.74, 6) is 0.160. The number of anilines is 1. The summed E-state index contributed by atoms with van der Waals surface area (Å²) >= 11 is 6.28. The maximum Gasteiger partial charge on any atom is 0.251 e. The first kappa shape index (κ1) is 20.2. The number of carbonyl (C=O) groups excluding carboxylic acids is 1. The van der Waals surface area contributed by atoms with Gasteiger partial charge in [-0.25, -0.2) is 0 Å². The van der Waals surface area contributed by atoms with Crippen LogP contribution in [0.2, 0.25) is 5.02 Å². The van der Waals surface area contributed by atoms with E-state index in [2.05, 4.69) is 12.1 Å². The Morgan fingerprint density at radius 1 is 1.03 bits per heavy atom. The van der Waals surface area contributed by atoms with E-state index in [9.17, 15) is 9.90 Å². The van der Waals surface area contributed by atoms with Crippen molar-refractivity contribution in [2.45, 2.75) is 25.3 Å². The normalized spacial score (nSPS) is 16.1. The Kier molecular flexibility index (Phi) is 5.86. The SMILES string of the molecule is CN1C(=O)C(CCCc2ccccc2)N=C(c2ccc(O)cc2)c2cc(Cl)ccc21. The van der Waals surface area contributed by atoms with Gasteiger partial charge < -0.3 is 10.0 Å². The summed E-state index contributed by atoms with van der Waals surface area (Å²) in [6, 6.07) is 22.2. The monoisotopic (exact) mass is 418 g/mol. The maximum atomic E-state index is 13.2. The van der Waals surface area contributed by atoms with E-state index in [1.807, 2.05) is 42.5 Å². The fourth-order valence-electron chi connectivity index (χ4n) is 3.79. The van der Waals surface area contributed by atoms with Crippen LogP contribution in [0, 0.1) is 0 Å². The number of aromatic hydroxyl groups is 1. The van der Waals surface area contributed by atoms with E-state index < -0.39 is 6.04 Å². The van der Waals surface area contributed by atoms with Crippen molar-refractivity contribution in [3.8, 4) is 5.75 Å². The summed E-state index contributed by atoms with van der Waals surface area (Å²) in [6.07, 6.45) is 2.41. The number of benzodiazepines with no additional fused rings is 1. The van der Waals surface area contributed by atoms with Crippen LogP contribution in [-0.4, -0.2) is 29.8 Å². The van der Waals surface area contributed by atoms with Crippen molar-refractivity contribution in [3.63, 3.8) is 0 Å². The lowest BCUT2D eigenvalue weighted by Crippen LogP contribution is -2.34. The fraction of sp³-hybridized carbons (Fsp3) is 0.200. The lowest BCUT2D eigenvalue weighted by Gasteiger charge is -2.20. The number of halogens is 1. The summed E-state index contributed by atoms with van der Waals surface area (Å²) in [5, 5.41) is 10.3. The Morgan fingerprint density at radius 3 is 2.50 bits per heavy atom. The van der Waals surface area contributed by atoms with Gasteiger partial charge in [-0.3, -0.25) is 9.79 Å². The second-order valence-electron chi connectivity index (χ2n) is 7.48. The van der Waals surface area contributed by atoms with E-state index in [0.717, 1.165) is 35.4 Å². The molecule has 4 nitrogen and oxygen atoms in total. The third-order valence-electron chi connectivity index (χ3n) is 5.40. The van der Waals surface area contributed by atoms with Crippen LogP contribution in [0.4, 0.5) is 5.69 Å². The molecule has 0 bridgehead atoms. The highest BCUT2D eigenvalue weighted by atomic mass is 35.5. The maximum absolute atomic E-state index is 13.2. The predicted molar refractivity (Wildman–Crippen MR) is 122 cm³/mol. The highest BCUT2D eigenvalue weighted by Gasteiger charge is 2.29. The minimum Gasteiger partial charge on any atom is -0.508 e. The second kappa shape index (κ2) is 8.72. The number of amides is 1. The number of carbonyl (C=O) groups is 1. The third kappa shape index (κ3) is 4.24. The van der Waals surface area contributed by atoms with E-state index in [1.165, 1.54) is 5.56 Å². The molecule has 1 amide bonds. The molecule has 1 aliphatic heterocycles. The van der Waals surface area contributed by atoms with Gasteiger partial charge in [0.1, 0.15) is 11.8 Å². The number of rotatable bonds is 5. The lowest BCUT2D eigenvalue weighted by atomic mass is 10.00. The topological polar surface area (TPSA) is 52.9 Å². The van der Waals surface area contributed by atoms with E-state index >= 15 is 0 Å². The van der Waals surface area contributed by atoms with Crippen molar-refractivity contribution in [2.24, 2.45) is 4.99 Å². The molecule has 0 radical (unpaired) electrons. The number of fused-ring (bicyclic) bond motifs is 1. The largest absolute Gasteiger partial charge is 0.508 e. The van der Waals surface area contributed by atoms with Crippen molar-refractivity contribution >= 4 is 28.9 Å². The number of benzene rings is 3. The molecule has 0 spiro atoms. The van der Waals surface area contributed by atoms with Gasteiger partial charge in [0.15, 0.2) is 0 Å². The number of hydrogen-bond donors (Lipinski definition) is 1. The summed E-state index contributed by atoms with van der Waals surface area (Å²) in [5.41, 5.74) is 4.41. The molecule has 5 heteroatoms. The molecule has 1 N–H and O–H groups in total. The molecule has 1 unspecified atom stereocenters. The molecule has 3 aromatic rings. The van der Waals surface area contributed by atoms with E-state index in [0.29, 0.717) is 11.4 Å². The zero-order valence-corrected chi connectivity index (χ0v) is 17.5. The molecule has 1 aliphatic rings. The highest BCUT2D eigenvalue weighted by molar-refractivity contribution is 6.32. The average molecular weight is 419 g/mol. The molecule has 30 heavy (non-hydrogen) atoms. The Balaban J connectivity index is 1.70. The smallest absolute Gasteiger partial charge is 0.251 e. The van der Waals surface area contributed by atoms with Gasteiger partial charge in [-0.15, -0.1) is 0 Å². The van der Waals surface area contributed by atoms with Gasteiger partial charge in [0, 0.05) is 23.2 Å². The molecule has 1 heterocycles. The number of phenolic OH excluding ortho intramolecular Hbond substituents is 1. The molecule has 1 atom stereocenters. The van der Waals surface area contributed by atoms with Crippen LogP contribution >= 0.6 is 11.6 Å². The van der Waals surface area contributed by atoms with Crippen molar-refractivity contribution in [2.75, 3.05) is 11.9 Å². The van der Waals surface area contributed by atoms with Crippen LogP contribution in [0.25, 0.3) is 0 Å². The highest BCUT2D eigenvalue weighted by Crippen LogP contribution is 2.31. The van der Waals surface area contributed by atoms with Gasteiger partial charge in [-0.05, 0) is 67.3 Å². The zero-order chi connectivity index (χ0) is 21.1. The van der Waals surface area contributed by atoms with Crippen LogP contribution in [0.1, 0.15) is 29.5 Å². The first-order chi connectivity index (χ1) is 14.5. The van der Waals surface area contributed by atoms with Crippen molar-refractivity contribution in [1.29, 1.82) is 0 Å². The third-order valence-corrected chi connectivity index (χ3v) is 5.64. The average Bonchev–Trinajstić information content (AvgIpc) is 2.85. The van der Waals surface area contributed by atoms with Crippen LogP contribution in [0.3, 0.4) is 0 Å². The molecule has 0 saturated carbocycles. The second-order valence-corrected chi connectivity index (χ2v) is 7.91. The van der Waals surface area contributed by atoms with Crippen LogP contribution < -0.4 is 4.90 Å². The quantitative estimate of drug-likeness (QED) is 0.615. The van der Waals surface area contributed by atoms with Crippen molar-refractivity contribution in [3.05, 3.63) is 94.5 Å². The van der Waals surface area contributed by atoms with Gasteiger partial charge in [0.25, 0.3) is 5.91 Å². The van der Waals surface area contributed by atoms with E-state index in [4.69, 9.17) is 16.6 Å². The molecule has 0 aliphatic carbocycles. The van der Waals surface area contributed by atoms with Crippen LogP contribution in [-0.2, 0) is 11.2 Å². The van der Waals surface area contributed by atoms with Gasteiger partial charge in [-0.1, -0.05) is 41.9 Å². The zero-order valence-electron chi connectivity index (χ0n) is 16.8. The Morgan fingerprint density at radius 2 is 1.77 bits per heavy atom. The predicted octanol–water partition coefficient (Wildman–Crippen LogP) is 5.25. The summed E-state index contributed by atoms with van der Waals surface area (Å²) in [6.45, 7) is 0. The minimum atomic E-state index is -0.478. The number of aliphatic imine (C=N–C) groups is 1. The number of nitrogens with zero attached hydrogens (tertiary/aromatic N) is 2. The molecule has 3 aromatic carbocycles. The number of aryl methyl sites for hydroxylation is 1. The van der Waals surface area contributed by atoms with Crippen molar-refractivity contribution < 1.29 is 9.90 Å². The van der Waals surface area contributed by atoms with E-state index in [1.54, 1.807) is 30.1 Å². The number of hydrogen-bond acceptors (Lipinski definition) is 3. The Hall–Kier alpha value is -3.11. The first-order valence-corrected chi connectivity index (χ1v) is 10.4. The molecular formula is C25H23ClN2O2. The summed E-state index contributed by atoms with van der Waals surface area (Å²) in [4.78, 5) is 19.8. The molecule has 0 saturated heterocycles. The number of phenols is 1. The van der Waals surface area contributed by atoms with Crippen LogP contribution in [0.15, 0.2) is 77.8 Å². The van der Waals surface area contributed by atoms with Crippen LogP contribution in [0.5, 0.6) is 5.75 Å². The van der Waals surface area contributed by atoms with E-state index in [-0.39, 0.29) is 11.7 Å². The van der Waals surface area contributed by atoms with Gasteiger partial charge in [0.05, 0.1) is 11.4 Å². The molecular weight excluding hydrogens is 396 g/mol. The van der Waals surface area contributed by atoms with Gasteiger partial charge >= 0.3 is 0 Å². The van der Waals surface area contributed by atoms with Gasteiger partial charge in [-0.2, -0.15) is 0 Å². The molecule has 152 valence electrons. The molecule has 0 aromatic heterocycles. The van der Waals surface area contributed by atoms with Gasteiger partial charge in [0.2, 0.25) is 0 Å². The fourth-order valence-corrected chi connectivity index (χ4v) is 3.97. The molecule has 0 fully saturated rings. The number of likely N-dealkylation sites (N-methyl/N-ethyl adjacent to an activating group) is 1. The summed E-state index contributed by atoms with van der Waals surface area (Å²) < 4.78 is 0. The van der Waals surface area contributed by atoms with Crippen molar-refractivity contribution in [1.82, 2.24) is 0 Å². The first-order valence-electron chi connectivity index (χ1n) is 10.0. The minimum absolute atomic E-state index is 0.0274. The Labute approximate surface area is 181 Å². The summed E-state index contributed by atoms with van der Waals surface area (Å²) in [7, 11) is 1.79. The molecule has 4 rings (SSSR count).